The Kier molecular flexibility index (Phi) is 8.49. The zero-order valence-electron chi connectivity index (χ0n) is 27.4. The molecule has 0 radical (unpaired) electrons. The van der Waals surface area contributed by atoms with Gasteiger partial charge in [0.05, 0.1) is 6.04 Å². The molecule has 5 nitrogen and oxygen atoms in total. The Hall–Kier alpha value is -4.99. The molecule has 5 aromatic carbocycles. The number of imidazole rings is 1. The van der Waals surface area contributed by atoms with Gasteiger partial charge in [-0.1, -0.05) is 73.2 Å². The summed E-state index contributed by atoms with van der Waals surface area (Å²) in [6.45, 7) is 8.87. The summed E-state index contributed by atoms with van der Waals surface area (Å²) < 4.78 is 6.80. The van der Waals surface area contributed by atoms with Gasteiger partial charge in [-0.2, -0.15) is 12.1 Å². The number of para-hydroxylation sites is 4. The molecule has 3 heterocycles. The molecule has 3 aromatic heterocycles. The van der Waals surface area contributed by atoms with Crippen molar-refractivity contribution in [1.82, 2.24) is 18.7 Å². The third kappa shape index (κ3) is 5.42. The van der Waals surface area contributed by atoms with Gasteiger partial charge >= 0.3 is 0 Å². The van der Waals surface area contributed by atoms with Gasteiger partial charge in [-0.25, -0.2) is 14.1 Å². The number of benzene rings is 5. The number of hydrogen-bond acceptors (Lipinski definition) is 2. The third-order valence-corrected chi connectivity index (χ3v) is 8.97. The second-order valence-electron chi connectivity index (χ2n) is 12.6. The molecule has 0 unspecified atom stereocenters. The molecular weight excluding hydrogens is 770 g/mol. The molecule has 0 bridgehead atoms. The number of pyridine rings is 1. The van der Waals surface area contributed by atoms with E-state index in [1.54, 1.807) is 0 Å². The molecule has 0 spiro atoms. The molecular formula is C42H36N5Pt-. The number of fused-ring (bicyclic) bond motifs is 4. The minimum atomic E-state index is 0. The quantitative estimate of drug-likeness (QED) is 0.150. The van der Waals surface area contributed by atoms with Crippen LogP contribution in [0.3, 0.4) is 0 Å². The average molecular weight is 806 g/mol. The molecule has 6 heteroatoms. The largest absolute Gasteiger partial charge is 0.358 e. The first-order valence-electron chi connectivity index (χ1n) is 16.3. The van der Waals surface area contributed by atoms with Crippen LogP contribution in [0.5, 0.6) is 0 Å². The van der Waals surface area contributed by atoms with E-state index in [4.69, 9.17) is 4.98 Å². The summed E-state index contributed by atoms with van der Waals surface area (Å²) in [5.41, 5.74) is 9.57. The van der Waals surface area contributed by atoms with Crippen LogP contribution in [0.25, 0.3) is 44.3 Å². The molecule has 0 aliphatic heterocycles. The summed E-state index contributed by atoms with van der Waals surface area (Å²) >= 11 is 0. The summed E-state index contributed by atoms with van der Waals surface area (Å²) in [5, 5.41) is 2.32. The first kappa shape index (κ1) is 31.6. The van der Waals surface area contributed by atoms with E-state index < -0.39 is 0 Å². The smallest absolute Gasteiger partial charge is 0.188 e. The topological polar surface area (TPSA) is 30.9 Å². The molecule has 0 N–H and O–H groups in total. The van der Waals surface area contributed by atoms with E-state index in [-0.39, 0.29) is 21.1 Å². The Labute approximate surface area is 296 Å². The van der Waals surface area contributed by atoms with Gasteiger partial charge in [0.25, 0.3) is 0 Å². The number of hydrogen-bond donors (Lipinski definition) is 0. The standard InChI is InChI=1S/C42H36N5.Pt/c1-29(2)31-23-24-43-42(25-31)47-38-18-9-8-17-36(38)37-22-21-35(27-41(37)47)46(32-13-6-5-7-14-32)34-16-12-15-33(26-34)45-28-44(30(3)4)39-19-10-11-20-40(39)45;/h5-25,28-30H,1-4H3;/q-1;. The summed E-state index contributed by atoms with van der Waals surface area (Å²) in [6.07, 6.45) is 4.10. The first-order valence-corrected chi connectivity index (χ1v) is 16.3. The van der Waals surface area contributed by atoms with Gasteiger partial charge in [0.1, 0.15) is 5.82 Å². The van der Waals surface area contributed by atoms with Gasteiger partial charge in [-0.3, -0.25) is 0 Å². The zero-order valence-corrected chi connectivity index (χ0v) is 29.7. The molecule has 0 fully saturated rings. The number of nitrogens with zero attached hydrogens (tertiary/aromatic N) is 5. The molecule has 0 saturated carbocycles. The van der Waals surface area contributed by atoms with Crippen LogP contribution in [0.2, 0.25) is 0 Å². The minimum absolute atomic E-state index is 0. The fourth-order valence-corrected chi connectivity index (χ4v) is 6.61. The van der Waals surface area contributed by atoms with Gasteiger partial charge in [-0.05, 0) is 73.2 Å². The monoisotopic (exact) mass is 805 g/mol. The fourth-order valence-electron chi connectivity index (χ4n) is 6.61. The van der Waals surface area contributed by atoms with E-state index in [1.807, 2.05) is 6.20 Å². The molecule has 8 aromatic rings. The molecule has 0 saturated heterocycles. The van der Waals surface area contributed by atoms with E-state index in [9.17, 15) is 0 Å². The molecule has 0 amide bonds. The van der Waals surface area contributed by atoms with Crippen molar-refractivity contribution in [3.05, 3.63) is 152 Å². The molecule has 0 aliphatic carbocycles. The molecule has 8 rings (SSSR count). The van der Waals surface area contributed by atoms with Crippen LogP contribution in [-0.2, 0) is 21.1 Å². The van der Waals surface area contributed by atoms with E-state index in [1.165, 1.54) is 16.5 Å². The predicted molar refractivity (Wildman–Crippen MR) is 195 cm³/mol. The van der Waals surface area contributed by atoms with Gasteiger partial charge in [0.15, 0.2) is 17.4 Å². The Morgan fingerprint density at radius 3 is 2.15 bits per heavy atom. The normalized spacial score (nSPS) is 11.5. The minimum Gasteiger partial charge on any atom is -0.358 e. The van der Waals surface area contributed by atoms with E-state index in [0.29, 0.717) is 12.0 Å². The molecule has 0 atom stereocenters. The van der Waals surface area contributed by atoms with Crippen molar-refractivity contribution in [3.8, 4) is 11.5 Å². The Morgan fingerprint density at radius 1 is 0.667 bits per heavy atom. The van der Waals surface area contributed by atoms with Gasteiger partial charge in [0.2, 0.25) is 0 Å². The maximum atomic E-state index is 4.86. The second-order valence-corrected chi connectivity index (χ2v) is 12.6. The molecule has 0 aliphatic rings. The van der Waals surface area contributed by atoms with Crippen molar-refractivity contribution < 1.29 is 21.1 Å². The van der Waals surface area contributed by atoms with E-state index >= 15 is 0 Å². The average Bonchev–Trinajstić information content (AvgIpc) is 3.66. The molecule has 48 heavy (non-hydrogen) atoms. The Morgan fingerprint density at radius 2 is 1.38 bits per heavy atom. The van der Waals surface area contributed by atoms with Gasteiger partial charge in [0, 0.05) is 56.3 Å². The van der Waals surface area contributed by atoms with Crippen LogP contribution in [0, 0.1) is 12.1 Å². The summed E-state index contributed by atoms with van der Waals surface area (Å²) in [7, 11) is 0. The van der Waals surface area contributed by atoms with Crippen molar-refractivity contribution in [2.75, 3.05) is 4.90 Å². The van der Waals surface area contributed by atoms with Crippen molar-refractivity contribution in [2.24, 2.45) is 0 Å². The van der Waals surface area contributed by atoms with Gasteiger partial charge in [-0.15, -0.1) is 29.7 Å². The van der Waals surface area contributed by atoms with E-state index in [2.05, 4.69) is 186 Å². The molecule has 240 valence electrons. The summed E-state index contributed by atoms with van der Waals surface area (Å²) in [4.78, 5) is 7.10. The first-order chi connectivity index (χ1) is 23.0. The van der Waals surface area contributed by atoms with Crippen LogP contribution < -0.4 is 4.90 Å². The maximum absolute atomic E-state index is 4.86. The van der Waals surface area contributed by atoms with E-state index in [0.717, 1.165) is 50.5 Å². The van der Waals surface area contributed by atoms with Crippen molar-refractivity contribution in [2.45, 2.75) is 39.7 Å². The maximum Gasteiger partial charge on any atom is 0.188 e. The van der Waals surface area contributed by atoms with Crippen LogP contribution in [0.15, 0.2) is 134 Å². The van der Waals surface area contributed by atoms with Crippen LogP contribution >= 0.6 is 0 Å². The van der Waals surface area contributed by atoms with Gasteiger partial charge < -0.3 is 9.47 Å². The Balaban J connectivity index is 0.00000364. The Bertz CT molecular complexity index is 2390. The zero-order chi connectivity index (χ0) is 32.1. The third-order valence-electron chi connectivity index (χ3n) is 8.97. The number of rotatable bonds is 7. The van der Waals surface area contributed by atoms with Crippen molar-refractivity contribution >= 4 is 49.9 Å². The van der Waals surface area contributed by atoms with Crippen LogP contribution in [-0.4, -0.2) is 18.7 Å². The van der Waals surface area contributed by atoms with Crippen molar-refractivity contribution in [1.29, 1.82) is 0 Å². The van der Waals surface area contributed by atoms with Crippen LogP contribution in [0.1, 0.15) is 45.2 Å². The fraction of sp³-hybridized carbons (Fsp3) is 0.143. The predicted octanol–water partition coefficient (Wildman–Crippen LogP) is 11.0. The second kappa shape index (κ2) is 12.9. The van der Waals surface area contributed by atoms with Crippen LogP contribution in [0.4, 0.5) is 17.1 Å². The summed E-state index contributed by atoms with van der Waals surface area (Å²) in [5.74, 6) is 1.29. The SMILES string of the molecule is CC(C)c1ccnc(-n2c3[c-]c(N(c4[c-]c(-n5[cH+]n(C(C)C)c6ccccc65)ccc4)c4ccccc4)ccc3c3ccccc32)c1.[Pt]. The summed E-state index contributed by atoms with van der Waals surface area (Å²) in [6, 6.07) is 50.6. The number of aromatic nitrogens is 4. The number of anilines is 3. The van der Waals surface area contributed by atoms with Crippen molar-refractivity contribution in [3.63, 3.8) is 0 Å².